The average Bonchev–Trinajstić information content (AvgIpc) is 2.52. The van der Waals surface area contributed by atoms with Gasteiger partial charge in [-0.05, 0) is 31.4 Å². The van der Waals surface area contributed by atoms with Gasteiger partial charge in [0.2, 0.25) is 5.91 Å². The highest BCUT2D eigenvalue weighted by atomic mass is 16.2. The Hall–Kier alpha value is -2.42. The Labute approximate surface area is 125 Å². The minimum absolute atomic E-state index is 0.0645. The molecule has 108 valence electrons. The molecule has 0 radical (unpaired) electrons. The molecule has 3 nitrogen and oxygen atoms in total. The lowest BCUT2D eigenvalue weighted by atomic mass is 10.1. The number of hydrogen-bond acceptors (Lipinski definition) is 2. The van der Waals surface area contributed by atoms with E-state index in [1.807, 2.05) is 68.4 Å². The molecule has 0 aliphatic heterocycles. The van der Waals surface area contributed by atoms with Gasteiger partial charge in [-0.15, -0.1) is 0 Å². The van der Waals surface area contributed by atoms with Gasteiger partial charge in [0.1, 0.15) is 0 Å². The Morgan fingerprint density at radius 2 is 1.71 bits per heavy atom. The second-order valence-electron chi connectivity index (χ2n) is 5.08. The molecule has 1 N–H and O–H groups in total. The van der Waals surface area contributed by atoms with Crippen LogP contribution < -0.4 is 5.43 Å². The van der Waals surface area contributed by atoms with Crippen LogP contribution in [0, 0.1) is 6.92 Å². The summed E-state index contributed by atoms with van der Waals surface area (Å²) in [5, 5.41) is 4.15. The number of nitrogens with zero attached hydrogens (tertiary/aromatic N) is 1. The number of aryl methyl sites for hydroxylation is 2. The average molecular weight is 280 g/mol. The zero-order valence-corrected chi connectivity index (χ0v) is 12.5. The van der Waals surface area contributed by atoms with Crippen LogP contribution in [0.2, 0.25) is 0 Å². The van der Waals surface area contributed by atoms with Crippen molar-refractivity contribution in [2.45, 2.75) is 26.7 Å². The monoisotopic (exact) mass is 280 g/mol. The van der Waals surface area contributed by atoms with Gasteiger partial charge >= 0.3 is 0 Å². The van der Waals surface area contributed by atoms with E-state index in [-0.39, 0.29) is 5.91 Å². The Bertz CT molecular complexity index is 615. The van der Waals surface area contributed by atoms with Crippen molar-refractivity contribution in [1.29, 1.82) is 0 Å². The van der Waals surface area contributed by atoms with Crippen molar-refractivity contribution >= 4 is 11.6 Å². The molecular weight excluding hydrogens is 260 g/mol. The molecule has 3 heteroatoms. The van der Waals surface area contributed by atoms with Crippen LogP contribution in [-0.2, 0) is 11.2 Å². The Kier molecular flexibility index (Phi) is 5.27. The molecule has 21 heavy (non-hydrogen) atoms. The predicted octanol–water partition coefficient (Wildman–Crippen LogP) is 3.47. The third kappa shape index (κ3) is 4.88. The standard InChI is InChI=1S/C18H20N2O/c1-14-8-11-17(12-9-14)15(2)19-20-18(21)13-10-16-6-4-3-5-7-16/h3-9,11-12H,10,13H2,1-2H3,(H,20,21)/b19-15-. The number of benzene rings is 2. The molecule has 0 aliphatic rings. The van der Waals surface area contributed by atoms with Gasteiger partial charge in [0, 0.05) is 6.42 Å². The third-order valence-electron chi connectivity index (χ3n) is 3.30. The maximum absolute atomic E-state index is 11.8. The molecule has 0 heterocycles. The fourth-order valence-electron chi connectivity index (χ4n) is 1.96. The Balaban J connectivity index is 1.85. The van der Waals surface area contributed by atoms with Crippen LogP contribution in [-0.4, -0.2) is 11.6 Å². The fraction of sp³-hybridized carbons (Fsp3) is 0.222. The van der Waals surface area contributed by atoms with Crippen molar-refractivity contribution in [3.05, 3.63) is 71.3 Å². The minimum atomic E-state index is -0.0645. The van der Waals surface area contributed by atoms with Crippen molar-refractivity contribution in [2.24, 2.45) is 5.10 Å². The molecule has 0 aromatic heterocycles. The number of amides is 1. The lowest BCUT2D eigenvalue weighted by Gasteiger charge is -2.04. The summed E-state index contributed by atoms with van der Waals surface area (Å²) in [7, 11) is 0. The first-order chi connectivity index (χ1) is 10.1. The van der Waals surface area contributed by atoms with Crippen molar-refractivity contribution < 1.29 is 4.79 Å². The highest BCUT2D eigenvalue weighted by molar-refractivity contribution is 5.99. The Morgan fingerprint density at radius 1 is 1.05 bits per heavy atom. The van der Waals surface area contributed by atoms with Crippen LogP contribution in [0.15, 0.2) is 59.7 Å². The maximum atomic E-state index is 11.8. The van der Waals surface area contributed by atoms with Crippen LogP contribution >= 0.6 is 0 Å². The van der Waals surface area contributed by atoms with Gasteiger partial charge in [-0.3, -0.25) is 4.79 Å². The molecule has 2 aromatic rings. The van der Waals surface area contributed by atoms with E-state index in [0.717, 1.165) is 23.3 Å². The van der Waals surface area contributed by atoms with Crippen LogP contribution in [0.4, 0.5) is 0 Å². The largest absolute Gasteiger partial charge is 0.273 e. The summed E-state index contributed by atoms with van der Waals surface area (Å²) in [6.45, 7) is 3.93. The first kappa shape index (κ1) is 15.0. The first-order valence-electron chi connectivity index (χ1n) is 7.09. The molecule has 0 saturated carbocycles. The molecule has 0 saturated heterocycles. The number of carbonyl (C=O) groups excluding carboxylic acids is 1. The second-order valence-corrected chi connectivity index (χ2v) is 5.08. The van der Waals surface area contributed by atoms with E-state index in [9.17, 15) is 4.79 Å². The quantitative estimate of drug-likeness (QED) is 0.661. The van der Waals surface area contributed by atoms with Gasteiger partial charge in [-0.25, -0.2) is 5.43 Å². The smallest absolute Gasteiger partial charge is 0.240 e. The predicted molar refractivity (Wildman–Crippen MR) is 86.3 cm³/mol. The van der Waals surface area contributed by atoms with Gasteiger partial charge in [-0.2, -0.15) is 5.10 Å². The van der Waals surface area contributed by atoms with E-state index in [0.29, 0.717) is 6.42 Å². The van der Waals surface area contributed by atoms with E-state index < -0.39 is 0 Å². The van der Waals surface area contributed by atoms with E-state index in [1.165, 1.54) is 5.56 Å². The molecule has 0 spiro atoms. The molecule has 0 aliphatic carbocycles. The van der Waals surface area contributed by atoms with E-state index in [1.54, 1.807) is 0 Å². The topological polar surface area (TPSA) is 41.5 Å². The minimum Gasteiger partial charge on any atom is -0.273 e. The van der Waals surface area contributed by atoms with Crippen molar-refractivity contribution in [1.82, 2.24) is 5.43 Å². The summed E-state index contributed by atoms with van der Waals surface area (Å²) in [6.07, 6.45) is 1.17. The second kappa shape index (κ2) is 7.39. The summed E-state index contributed by atoms with van der Waals surface area (Å²) >= 11 is 0. The zero-order chi connectivity index (χ0) is 15.1. The van der Waals surface area contributed by atoms with Gasteiger partial charge in [-0.1, -0.05) is 60.2 Å². The van der Waals surface area contributed by atoms with Crippen molar-refractivity contribution in [2.75, 3.05) is 0 Å². The summed E-state index contributed by atoms with van der Waals surface area (Å²) in [5.74, 6) is -0.0645. The van der Waals surface area contributed by atoms with Crippen molar-refractivity contribution in [3.8, 4) is 0 Å². The highest BCUT2D eigenvalue weighted by Gasteiger charge is 2.02. The van der Waals surface area contributed by atoms with Gasteiger partial charge < -0.3 is 0 Å². The zero-order valence-electron chi connectivity index (χ0n) is 12.5. The van der Waals surface area contributed by atoms with Gasteiger partial charge in [0.05, 0.1) is 5.71 Å². The third-order valence-corrected chi connectivity index (χ3v) is 3.30. The van der Waals surface area contributed by atoms with Crippen LogP contribution in [0.5, 0.6) is 0 Å². The molecule has 0 fully saturated rings. The normalized spacial score (nSPS) is 11.2. The highest BCUT2D eigenvalue weighted by Crippen LogP contribution is 2.05. The number of hydrogen-bond donors (Lipinski definition) is 1. The lowest BCUT2D eigenvalue weighted by molar-refractivity contribution is -0.121. The molecule has 0 atom stereocenters. The van der Waals surface area contributed by atoms with E-state index in [4.69, 9.17) is 0 Å². The number of nitrogens with one attached hydrogen (secondary N) is 1. The number of carbonyl (C=O) groups is 1. The first-order valence-corrected chi connectivity index (χ1v) is 7.09. The summed E-state index contributed by atoms with van der Waals surface area (Å²) < 4.78 is 0. The Morgan fingerprint density at radius 3 is 2.38 bits per heavy atom. The summed E-state index contributed by atoms with van der Waals surface area (Å²) in [4.78, 5) is 11.8. The molecule has 1 amide bonds. The van der Waals surface area contributed by atoms with Crippen LogP contribution in [0.3, 0.4) is 0 Å². The number of hydrazone groups is 1. The van der Waals surface area contributed by atoms with Crippen LogP contribution in [0.1, 0.15) is 30.0 Å². The van der Waals surface area contributed by atoms with Crippen LogP contribution in [0.25, 0.3) is 0 Å². The lowest BCUT2D eigenvalue weighted by Crippen LogP contribution is -2.19. The maximum Gasteiger partial charge on any atom is 0.240 e. The summed E-state index contributed by atoms with van der Waals surface area (Å²) in [6, 6.07) is 18.0. The van der Waals surface area contributed by atoms with Gasteiger partial charge in [0.25, 0.3) is 0 Å². The molecular formula is C18H20N2O. The van der Waals surface area contributed by atoms with Gasteiger partial charge in [0.15, 0.2) is 0 Å². The van der Waals surface area contributed by atoms with E-state index in [2.05, 4.69) is 10.5 Å². The molecule has 2 aromatic carbocycles. The summed E-state index contributed by atoms with van der Waals surface area (Å²) in [5.41, 5.74) is 6.81. The van der Waals surface area contributed by atoms with E-state index >= 15 is 0 Å². The molecule has 0 unspecified atom stereocenters. The SMILES string of the molecule is C/C(=N/NC(=O)CCc1ccccc1)c1ccc(C)cc1. The van der Waals surface area contributed by atoms with Crippen molar-refractivity contribution in [3.63, 3.8) is 0 Å². The number of rotatable bonds is 5. The molecule has 2 rings (SSSR count). The molecule has 0 bridgehead atoms. The fourth-order valence-corrected chi connectivity index (χ4v) is 1.96.